The van der Waals surface area contributed by atoms with Crippen LogP contribution in [0.4, 0.5) is 0 Å². The first-order valence-corrected chi connectivity index (χ1v) is 6.51. The van der Waals surface area contributed by atoms with Crippen LogP contribution >= 0.6 is 23.4 Å². The number of halogens is 1. The standard InChI is InChI=1S/C11H11ClN4OS/c1-6(2)8-9(12)14-5-15-10(8)18-11-13-4-3-7(17)16-11/h3-6H,1-2H3,(H,13,16,17). The van der Waals surface area contributed by atoms with Crippen LogP contribution in [-0.2, 0) is 0 Å². The maximum absolute atomic E-state index is 11.2. The van der Waals surface area contributed by atoms with E-state index in [1.807, 2.05) is 13.8 Å². The molecule has 0 saturated carbocycles. The molecule has 1 N–H and O–H groups in total. The largest absolute Gasteiger partial charge is 0.301 e. The fourth-order valence-electron chi connectivity index (χ4n) is 1.42. The van der Waals surface area contributed by atoms with Crippen molar-refractivity contribution in [2.45, 2.75) is 29.9 Å². The molecule has 0 aromatic carbocycles. The van der Waals surface area contributed by atoms with Gasteiger partial charge in [-0.1, -0.05) is 25.4 Å². The smallest absolute Gasteiger partial charge is 0.251 e. The van der Waals surface area contributed by atoms with E-state index in [-0.39, 0.29) is 11.5 Å². The van der Waals surface area contributed by atoms with Crippen LogP contribution in [-0.4, -0.2) is 19.9 Å². The van der Waals surface area contributed by atoms with Gasteiger partial charge < -0.3 is 4.98 Å². The van der Waals surface area contributed by atoms with E-state index in [4.69, 9.17) is 11.6 Å². The monoisotopic (exact) mass is 282 g/mol. The molecule has 0 aliphatic heterocycles. The molecular weight excluding hydrogens is 272 g/mol. The van der Waals surface area contributed by atoms with E-state index in [2.05, 4.69) is 19.9 Å². The average molecular weight is 283 g/mol. The molecule has 0 spiro atoms. The summed E-state index contributed by atoms with van der Waals surface area (Å²) in [7, 11) is 0. The van der Waals surface area contributed by atoms with Gasteiger partial charge in [0.2, 0.25) is 0 Å². The lowest BCUT2D eigenvalue weighted by Crippen LogP contribution is -2.06. The number of aromatic nitrogens is 4. The fourth-order valence-corrected chi connectivity index (χ4v) is 2.82. The van der Waals surface area contributed by atoms with E-state index >= 15 is 0 Å². The number of rotatable bonds is 3. The molecule has 7 heteroatoms. The normalized spacial score (nSPS) is 10.9. The zero-order valence-corrected chi connectivity index (χ0v) is 11.4. The Hall–Kier alpha value is -1.40. The molecule has 2 aromatic heterocycles. The predicted molar refractivity (Wildman–Crippen MR) is 70.1 cm³/mol. The molecule has 0 bridgehead atoms. The van der Waals surface area contributed by atoms with Gasteiger partial charge in [-0.25, -0.2) is 15.0 Å². The molecule has 0 atom stereocenters. The lowest BCUT2D eigenvalue weighted by atomic mass is 10.1. The molecule has 18 heavy (non-hydrogen) atoms. The molecule has 0 unspecified atom stereocenters. The molecule has 0 fully saturated rings. The summed E-state index contributed by atoms with van der Waals surface area (Å²) in [4.78, 5) is 26.1. The molecule has 0 amide bonds. The maximum Gasteiger partial charge on any atom is 0.251 e. The number of aromatic amines is 1. The summed E-state index contributed by atoms with van der Waals surface area (Å²) in [6.45, 7) is 4.02. The Bertz CT molecular complexity index is 614. The number of nitrogens with zero attached hydrogens (tertiary/aromatic N) is 3. The van der Waals surface area contributed by atoms with Gasteiger partial charge in [-0.05, 0) is 17.7 Å². The minimum absolute atomic E-state index is 0.191. The molecule has 0 saturated heterocycles. The first-order valence-electron chi connectivity index (χ1n) is 5.31. The fraction of sp³-hybridized carbons (Fsp3) is 0.273. The molecule has 0 aliphatic rings. The highest BCUT2D eigenvalue weighted by atomic mass is 35.5. The topological polar surface area (TPSA) is 71.5 Å². The molecular formula is C11H11ClN4OS. The second-order valence-electron chi connectivity index (χ2n) is 3.88. The van der Waals surface area contributed by atoms with E-state index < -0.39 is 0 Å². The molecule has 2 heterocycles. The summed E-state index contributed by atoms with van der Waals surface area (Å²) in [5.41, 5.74) is 0.661. The zero-order valence-electron chi connectivity index (χ0n) is 9.85. The van der Waals surface area contributed by atoms with Crippen LogP contribution in [0.3, 0.4) is 0 Å². The number of nitrogens with one attached hydrogen (secondary N) is 1. The van der Waals surface area contributed by atoms with Gasteiger partial charge in [-0.2, -0.15) is 0 Å². The zero-order chi connectivity index (χ0) is 13.1. The van der Waals surface area contributed by atoms with Crippen molar-refractivity contribution in [1.29, 1.82) is 0 Å². The van der Waals surface area contributed by atoms with Crippen molar-refractivity contribution in [2.24, 2.45) is 0 Å². The van der Waals surface area contributed by atoms with Crippen LogP contribution in [0.1, 0.15) is 25.3 Å². The van der Waals surface area contributed by atoms with Crippen molar-refractivity contribution in [1.82, 2.24) is 19.9 Å². The summed E-state index contributed by atoms with van der Waals surface area (Å²) >= 11 is 7.33. The highest BCUT2D eigenvalue weighted by Gasteiger charge is 2.15. The van der Waals surface area contributed by atoms with Crippen LogP contribution in [0.25, 0.3) is 0 Å². The van der Waals surface area contributed by atoms with Crippen molar-refractivity contribution < 1.29 is 0 Å². The van der Waals surface area contributed by atoms with E-state index in [0.717, 1.165) is 5.56 Å². The second kappa shape index (κ2) is 5.49. The quantitative estimate of drug-likeness (QED) is 0.692. The maximum atomic E-state index is 11.2. The minimum Gasteiger partial charge on any atom is -0.301 e. The second-order valence-corrected chi connectivity index (χ2v) is 5.21. The van der Waals surface area contributed by atoms with Gasteiger partial charge in [0.25, 0.3) is 5.56 Å². The Kier molecular flexibility index (Phi) is 3.98. The van der Waals surface area contributed by atoms with E-state index in [1.54, 1.807) is 0 Å². The first kappa shape index (κ1) is 13.0. The summed E-state index contributed by atoms with van der Waals surface area (Å²) in [6, 6.07) is 1.36. The van der Waals surface area contributed by atoms with Crippen molar-refractivity contribution >= 4 is 23.4 Å². The summed E-state index contributed by atoms with van der Waals surface area (Å²) in [5, 5.41) is 1.62. The van der Waals surface area contributed by atoms with E-state index in [9.17, 15) is 4.79 Å². The molecule has 5 nitrogen and oxygen atoms in total. The number of hydrogen-bond acceptors (Lipinski definition) is 5. The third-order valence-corrected chi connectivity index (χ3v) is 3.44. The molecule has 0 aliphatic carbocycles. The molecule has 2 rings (SSSR count). The first-order chi connectivity index (χ1) is 8.58. The van der Waals surface area contributed by atoms with Gasteiger partial charge in [0.05, 0.1) is 0 Å². The molecule has 94 valence electrons. The number of H-pyrrole nitrogens is 1. The van der Waals surface area contributed by atoms with Gasteiger partial charge in [-0.15, -0.1) is 0 Å². The highest BCUT2D eigenvalue weighted by molar-refractivity contribution is 7.99. The van der Waals surface area contributed by atoms with E-state index in [1.165, 1.54) is 30.4 Å². The Morgan fingerprint density at radius 1 is 1.33 bits per heavy atom. The van der Waals surface area contributed by atoms with Gasteiger partial charge in [0.1, 0.15) is 16.5 Å². The SMILES string of the molecule is CC(C)c1c(Cl)ncnc1Sc1nccc(=O)[nH]1. The summed E-state index contributed by atoms with van der Waals surface area (Å²) in [6.07, 6.45) is 2.86. The summed E-state index contributed by atoms with van der Waals surface area (Å²) < 4.78 is 0. The molecule has 2 aromatic rings. The van der Waals surface area contributed by atoms with Crippen LogP contribution in [0.2, 0.25) is 5.15 Å². The van der Waals surface area contributed by atoms with Gasteiger partial charge in [0.15, 0.2) is 5.16 Å². The third-order valence-electron chi connectivity index (χ3n) is 2.22. The van der Waals surface area contributed by atoms with E-state index in [0.29, 0.717) is 15.3 Å². The predicted octanol–water partition coefficient (Wildman–Crippen LogP) is 2.49. The Morgan fingerprint density at radius 2 is 2.11 bits per heavy atom. The Morgan fingerprint density at radius 3 is 2.78 bits per heavy atom. The van der Waals surface area contributed by atoms with Gasteiger partial charge in [-0.3, -0.25) is 4.79 Å². The van der Waals surface area contributed by atoms with Crippen LogP contribution in [0.5, 0.6) is 0 Å². The van der Waals surface area contributed by atoms with Crippen molar-refractivity contribution in [3.63, 3.8) is 0 Å². The lowest BCUT2D eigenvalue weighted by Gasteiger charge is -2.11. The average Bonchev–Trinajstić information content (AvgIpc) is 2.28. The van der Waals surface area contributed by atoms with Crippen LogP contribution in [0, 0.1) is 0 Å². The molecule has 0 radical (unpaired) electrons. The van der Waals surface area contributed by atoms with Gasteiger partial charge >= 0.3 is 0 Å². The van der Waals surface area contributed by atoms with Crippen molar-refractivity contribution in [3.8, 4) is 0 Å². The minimum atomic E-state index is -0.196. The summed E-state index contributed by atoms with van der Waals surface area (Å²) in [5.74, 6) is 0.191. The Balaban J connectivity index is 2.40. The van der Waals surface area contributed by atoms with Crippen molar-refractivity contribution in [3.05, 3.63) is 39.7 Å². The van der Waals surface area contributed by atoms with Crippen LogP contribution < -0.4 is 5.56 Å². The van der Waals surface area contributed by atoms with Crippen molar-refractivity contribution in [2.75, 3.05) is 0 Å². The number of hydrogen-bond donors (Lipinski definition) is 1. The third kappa shape index (κ3) is 2.88. The van der Waals surface area contributed by atoms with Crippen LogP contribution in [0.15, 0.2) is 33.6 Å². The van der Waals surface area contributed by atoms with Gasteiger partial charge in [0, 0.05) is 17.8 Å². The lowest BCUT2D eigenvalue weighted by molar-refractivity contribution is 0.800. The highest BCUT2D eigenvalue weighted by Crippen LogP contribution is 2.33. The Labute approximate surface area is 113 Å².